The molecule has 0 bridgehead atoms. The third-order valence-corrected chi connectivity index (χ3v) is 3.65. The van der Waals surface area contributed by atoms with Crippen LogP contribution in [0.25, 0.3) is 0 Å². The molecule has 0 aliphatic rings. The van der Waals surface area contributed by atoms with Gasteiger partial charge in [-0.2, -0.15) is 0 Å². The molecule has 0 saturated heterocycles. The summed E-state index contributed by atoms with van der Waals surface area (Å²) < 4.78 is 27.8. The average molecular weight is 317 g/mol. The standard InChI is InChI=1S/C14H12Cl2F2N2/c15-9-5-1-3-7(11(9)17)13(19)14(20)8-4-2-6-10(16)12(8)18/h1-6,13-14H,19-20H2. The van der Waals surface area contributed by atoms with Crippen molar-refractivity contribution in [1.29, 1.82) is 0 Å². The van der Waals surface area contributed by atoms with Crippen LogP contribution >= 0.6 is 23.2 Å². The van der Waals surface area contributed by atoms with Crippen molar-refractivity contribution in [1.82, 2.24) is 0 Å². The zero-order valence-electron chi connectivity index (χ0n) is 10.3. The summed E-state index contributed by atoms with van der Waals surface area (Å²) in [5.41, 5.74) is 12.1. The summed E-state index contributed by atoms with van der Waals surface area (Å²) in [6, 6.07) is 6.96. The first-order valence-corrected chi connectivity index (χ1v) is 6.58. The van der Waals surface area contributed by atoms with E-state index in [1.54, 1.807) is 12.1 Å². The van der Waals surface area contributed by atoms with Gasteiger partial charge in [0.1, 0.15) is 11.6 Å². The summed E-state index contributed by atoms with van der Waals surface area (Å²) >= 11 is 11.4. The Morgan fingerprint density at radius 2 is 1.10 bits per heavy atom. The number of halogens is 4. The molecule has 0 heterocycles. The largest absolute Gasteiger partial charge is 0.322 e. The minimum atomic E-state index is -0.943. The van der Waals surface area contributed by atoms with Crippen molar-refractivity contribution in [3.8, 4) is 0 Å². The van der Waals surface area contributed by atoms with Crippen molar-refractivity contribution in [3.05, 3.63) is 69.2 Å². The van der Waals surface area contributed by atoms with Crippen molar-refractivity contribution in [2.75, 3.05) is 0 Å². The zero-order chi connectivity index (χ0) is 14.9. The molecular weight excluding hydrogens is 305 g/mol. The molecule has 20 heavy (non-hydrogen) atoms. The second-order valence-corrected chi connectivity index (χ2v) is 5.15. The van der Waals surface area contributed by atoms with Crippen molar-refractivity contribution in [2.24, 2.45) is 11.5 Å². The Kier molecular flexibility index (Phi) is 4.60. The number of benzene rings is 2. The van der Waals surface area contributed by atoms with Gasteiger partial charge >= 0.3 is 0 Å². The average Bonchev–Trinajstić information content (AvgIpc) is 2.43. The van der Waals surface area contributed by atoms with Gasteiger partial charge in [0.15, 0.2) is 0 Å². The number of hydrogen-bond acceptors (Lipinski definition) is 2. The highest BCUT2D eigenvalue weighted by Crippen LogP contribution is 2.32. The van der Waals surface area contributed by atoms with Crippen LogP contribution in [0, 0.1) is 11.6 Å². The summed E-state index contributed by atoms with van der Waals surface area (Å²) in [7, 11) is 0. The Balaban J connectivity index is 2.40. The lowest BCUT2D eigenvalue weighted by Gasteiger charge is -2.22. The van der Waals surface area contributed by atoms with Crippen LogP contribution in [0.15, 0.2) is 36.4 Å². The second kappa shape index (κ2) is 6.06. The van der Waals surface area contributed by atoms with Crippen LogP contribution in [-0.4, -0.2) is 0 Å². The Morgan fingerprint density at radius 1 is 0.750 bits per heavy atom. The summed E-state index contributed by atoms with van der Waals surface area (Å²) in [6.07, 6.45) is 0. The highest BCUT2D eigenvalue weighted by atomic mass is 35.5. The van der Waals surface area contributed by atoms with Gasteiger partial charge < -0.3 is 11.5 Å². The first-order valence-electron chi connectivity index (χ1n) is 5.82. The molecule has 106 valence electrons. The molecule has 0 fully saturated rings. The van der Waals surface area contributed by atoms with Gasteiger partial charge in [-0.25, -0.2) is 8.78 Å². The minimum absolute atomic E-state index is 0.0586. The highest BCUT2D eigenvalue weighted by Gasteiger charge is 2.24. The topological polar surface area (TPSA) is 52.0 Å². The summed E-state index contributed by atoms with van der Waals surface area (Å²) in [4.78, 5) is 0. The molecule has 0 aliphatic heterocycles. The van der Waals surface area contributed by atoms with E-state index >= 15 is 0 Å². The van der Waals surface area contributed by atoms with Gasteiger partial charge in [-0.3, -0.25) is 0 Å². The number of hydrogen-bond donors (Lipinski definition) is 2. The van der Waals surface area contributed by atoms with E-state index in [9.17, 15) is 8.78 Å². The molecule has 2 aromatic rings. The van der Waals surface area contributed by atoms with E-state index in [0.717, 1.165) is 0 Å². The number of rotatable bonds is 3. The maximum Gasteiger partial charge on any atom is 0.146 e. The van der Waals surface area contributed by atoms with Crippen LogP contribution in [0.2, 0.25) is 10.0 Å². The minimum Gasteiger partial charge on any atom is -0.322 e. The lowest BCUT2D eigenvalue weighted by molar-refractivity contribution is 0.503. The first kappa shape index (κ1) is 15.2. The van der Waals surface area contributed by atoms with Gasteiger partial charge in [0.2, 0.25) is 0 Å². The van der Waals surface area contributed by atoms with Crippen LogP contribution in [0.5, 0.6) is 0 Å². The van der Waals surface area contributed by atoms with Crippen LogP contribution in [0.4, 0.5) is 8.78 Å². The van der Waals surface area contributed by atoms with Crippen molar-refractivity contribution in [3.63, 3.8) is 0 Å². The molecule has 0 aliphatic carbocycles. The highest BCUT2D eigenvalue weighted by molar-refractivity contribution is 6.31. The van der Waals surface area contributed by atoms with Crippen molar-refractivity contribution >= 4 is 23.2 Å². The normalized spacial score (nSPS) is 14.1. The van der Waals surface area contributed by atoms with Crippen molar-refractivity contribution < 1.29 is 8.78 Å². The van der Waals surface area contributed by atoms with Crippen LogP contribution in [0.1, 0.15) is 23.2 Å². The van der Waals surface area contributed by atoms with Gasteiger partial charge in [-0.05, 0) is 12.1 Å². The van der Waals surface area contributed by atoms with Gasteiger partial charge in [0, 0.05) is 11.1 Å². The molecular formula is C14H12Cl2F2N2. The summed E-state index contributed by atoms with van der Waals surface area (Å²) in [6.45, 7) is 0. The van der Waals surface area contributed by atoms with E-state index in [1.807, 2.05) is 0 Å². The van der Waals surface area contributed by atoms with E-state index in [-0.39, 0.29) is 21.2 Å². The monoisotopic (exact) mass is 316 g/mol. The van der Waals surface area contributed by atoms with Gasteiger partial charge in [0.05, 0.1) is 22.1 Å². The van der Waals surface area contributed by atoms with E-state index in [4.69, 9.17) is 34.7 Å². The molecule has 2 nitrogen and oxygen atoms in total. The Bertz CT molecular complexity index is 579. The predicted octanol–water partition coefficient (Wildman–Crippen LogP) is 3.97. The molecule has 4 N–H and O–H groups in total. The van der Waals surface area contributed by atoms with Gasteiger partial charge in [-0.15, -0.1) is 0 Å². The molecule has 2 rings (SSSR count). The van der Waals surface area contributed by atoms with Crippen LogP contribution < -0.4 is 11.5 Å². The maximum atomic E-state index is 13.9. The fraction of sp³-hybridized carbons (Fsp3) is 0.143. The molecule has 0 saturated carbocycles. The quantitative estimate of drug-likeness (QED) is 0.900. The lowest BCUT2D eigenvalue weighted by atomic mass is 9.94. The first-order chi connectivity index (χ1) is 9.43. The molecule has 2 aromatic carbocycles. The smallest absolute Gasteiger partial charge is 0.146 e. The third-order valence-electron chi connectivity index (χ3n) is 3.07. The SMILES string of the molecule is NC(c1cccc(Cl)c1F)C(N)c1cccc(Cl)c1F. The summed E-state index contributed by atoms with van der Waals surface area (Å²) in [5.74, 6) is -1.31. The Labute approximate surface area is 125 Å². The molecule has 0 radical (unpaired) electrons. The summed E-state index contributed by atoms with van der Waals surface area (Å²) in [5, 5.41) is -0.117. The maximum absolute atomic E-state index is 13.9. The van der Waals surface area contributed by atoms with Crippen LogP contribution in [-0.2, 0) is 0 Å². The Hall–Kier alpha value is -1.20. The molecule has 2 unspecified atom stereocenters. The number of nitrogens with two attached hydrogens (primary N) is 2. The zero-order valence-corrected chi connectivity index (χ0v) is 11.8. The molecule has 2 atom stereocenters. The fourth-order valence-electron chi connectivity index (χ4n) is 1.94. The van der Waals surface area contributed by atoms with Gasteiger partial charge in [-0.1, -0.05) is 47.5 Å². The Morgan fingerprint density at radius 3 is 1.45 bits per heavy atom. The van der Waals surface area contributed by atoms with Gasteiger partial charge in [0.25, 0.3) is 0 Å². The predicted molar refractivity (Wildman–Crippen MR) is 76.7 cm³/mol. The molecule has 0 amide bonds. The van der Waals surface area contributed by atoms with E-state index < -0.39 is 23.7 Å². The van der Waals surface area contributed by atoms with E-state index in [1.165, 1.54) is 24.3 Å². The van der Waals surface area contributed by atoms with Crippen LogP contribution in [0.3, 0.4) is 0 Å². The van der Waals surface area contributed by atoms with E-state index in [2.05, 4.69) is 0 Å². The van der Waals surface area contributed by atoms with E-state index in [0.29, 0.717) is 0 Å². The molecule has 0 spiro atoms. The lowest BCUT2D eigenvalue weighted by Crippen LogP contribution is -2.28. The molecule has 0 aromatic heterocycles. The fourth-order valence-corrected chi connectivity index (χ4v) is 2.31. The third kappa shape index (κ3) is 2.79. The van der Waals surface area contributed by atoms with Crippen molar-refractivity contribution in [2.45, 2.75) is 12.1 Å². The second-order valence-electron chi connectivity index (χ2n) is 4.34. The molecule has 6 heteroatoms.